The zero-order valence-electron chi connectivity index (χ0n) is 18.7. The lowest BCUT2D eigenvalue weighted by Gasteiger charge is -2.53. The van der Waals surface area contributed by atoms with Crippen molar-refractivity contribution in [1.29, 1.82) is 0 Å². The molecule has 0 aromatic heterocycles. The Morgan fingerprint density at radius 1 is 0.828 bits per heavy atom. The summed E-state index contributed by atoms with van der Waals surface area (Å²) < 4.78 is 11.5. The van der Waals surface area contributed by atoms with Gasteiger partial charge in [-0.15, -0.1) is 0 Å². The maximum atomic E-state index is 5.98. The fourth-order valence-electron chi connectivity index (χ4n) is 4.84. The molecule has 0 unspecified atom stereocenters. The van der Waals surface area contributed by atoms with Gasteiger partial charge in [-0.3, -0.25) is 0 Å². The van der Waals surface area contributed by atoms with Gasteiger partial charge in [0.25, 0.3) is 0 Å². The minimum absolute atomic E-state index is 0.00993. The van der Waals surface area contributed by atoms with Crippen molar-refractivity contribution in [2.24, 2.45) is 0 Å². The van der Waals surface area contributed by atoms with Gasteiger partial charge >= 0.3 is 0 Å². The summed E-state index contributed by atoms with van der Waals surface area (Å²) in [5.41, 5.74) is 2.48. The van der Waals surface area contributed by atoms with E-state index in [0.29, 0.717) is 19.1 Å². The second-order valence-electron chi connectivity index (χ2n) is 9.14. The minimum Gasteiger partial charge on any atom is -0.494 e. The molecule has 0 atom stereocenters. The van der Waals surface area contributed by atoms with E-state index in [1.165, 1.54) is 5.56 Å². The lowest BCUT2D eigenvalue weighted by molar-refractivity contribution is -0.266. The van der Waals surface area contributed by atoms with Crippen molar-refractivity contribution in [3.63, 3.8) is 0 Å². The highest BCUT2D eigenvalue weighted by Gasteiger charge is 2.46. The maximum absolute atomic E-state index is 5.98. The van der Waals surface area contributed by atoms with E-state index < -0.39 is 0 Å². The average molecular weight is 398 g/mol. The molecule has 0 aliphatic carbocycles. The van der Waals surface area contributed by atoms with Crippen LogP contribution in [-0.2, 0) is 11.4 Å². The first-order valence-corrected chi connectivity index (χ1v) is 10.5. The quantitative estimate of drug-likeness (QED) is 0.576. The van der Waals surface area contributed by atoms with Crippen LogP contribution in [0.5, 0.6) is 11.5 Å². The van der Waals surface area contributed by atoms with Gasteiger partial charge in [0.05, 0.1) is 13.7 Å². The highest BCUT2D eigenvalue weighted by atomic mass is 16.7. The summed E-state index contributed by atoms with van der Waals surface area (Å²) in [5.74, 6) is 2.30. The molecule has 4 nitrogen and oxygen atoms in total. The summed E-state index contributed by atoms with van der Waals surface area (Å²) in [6, 6.07) is 16.7. The first kappa shape index (κ1) is 21.7. The largest absolute Gasteiger partial charge is 0.494 e. The van der Waals surface area contributed by atoms with Crippen molar-refractivity contribution in [3.8, 4) is 11.5 Å². The summed E-state index contributed by atoms with van der Waals surface area (Å²) in [6.07, 6.45) is 2.13. The SMILES string of the molecule is CCOc1ccc(COc2ccc(C3CC(C)(C)N(OC)C(C)(C)C3)cc2)cc1. The fourth-order valence-corrected chi connectivity index (χ4v) is 4.84. The van der Waals surface area contributed by atoms with Crippen LogP contribution in [0.3, 0.4) is 0 Å². The molecule has 0 radical (unpaired) electrons. The zero-order chi connectivity index (χ0) is 21.1. The lowest BCUT2D eigenvalue weighted by Crippen LogP contribution is -2.59. The van der Waals surface area contributed by atoms with Crippen LogP contribution in [-0.4, -0.2) is 29.9 Å². The molecule has 29 heavy (non-hydrogen) atoms. The average Bonchev–Trinajstić information content (AvgIpc) is 2.66. The molecule has 158 valence electrons. The van der Waals surface area contributed by atoms with Crippen LogP contribution < -0.4 is 9.47 Å². The summed E-state index contributed by atoms with van der Waals surface area (Å²) >= 11 is 0. The van der Waals surface area contributed by atoms with Crippen LogP contribution >= 0.6 is 0 Å². The maximum Gasteiger partial charge on any atom is 0.119 e. The van der Waals surface area contributed by atoms with Gasteiger partial charge in [-0.1, -0.05) is 24.3 Å². The van der Waals surface area contributed by atoms with E-state index in [2.05, 4.69) is 57.0 Å². The van der Waals surface area contributed by atoms with Crippen LogP contribution in [0.15, 0.2) is 48.5 Å². The van der Waals surface area contributed by atoms with Crippen LogP contribution in [0.4, 0.5) is 0 Å². The molecule has 0 saturated carbocycles. The summed E-state index contributed by atoms with van der Waals surface area (Å²) in [4.78, 5) is 5.73. The van der Waals surface area contributed by atoms with Crippen molar-refractivity contribution in [2.75, 3.05) is 13.7 Å². The van der Waals surface area contributed by atoms with Gasteiger partial charge < -0.3 is 14.3 Å². The number of hydrogen-bond donors (Lipinski definition) is 0. The zero-order valence-corrected chi connectivity index (χ0v) is 18.7. The number of hydrogen-bond acceptors (Lipinski definition) is 4. The third kappa shape index (κ3) is 5.12. The molecule has 2 aromatic rings. The number of piperidine rings is 1. The number of nitrogens with zero attached hydrogens (tertiary/aromatic N) is 1. The predicted molar refractivity (Wildman–Crippen MR) is 117 cm³/mol. The van der Waals surface area contributed by atoms with Crippen molar-refractivity contribution in [3.05, 3.63) is 59.7 Å². The molecule has 1 fully saturated rings. The third-order valence-corrected chi connectivity index (χ3v) is 5.77. The molecule has 1 aliphatic rings. The smallest absolute Gasteiger partial charge is 0.119 e. The van der Waals surface area contributed by atoms with Crippen LogP contribution in [0.25, 0.3) is 0 Å². The van der Waals surface area contributed by atoms with E-state index in [1.54, 1.807) is 7.11 Å². The van der Waals surface area contributed by atoms with E-state index in [-0.39, 0.29) is 11.1 Å². The van der Waals surface area contributed by atoms with Crippen molar-refractivity contribution in [2.45, 2.75) is 71.1 Å². The molecule has 4 heteroatoms. The van der Waals surface area contributed by atoms with E-state index >= 15 is 0 Å². The van der Waals surface area contributed by atoms with Gasteiger partial charge in [-0.05, 0) is 88.8 Å². The Bertz CT molecular complexity index is 763. The third-order valence-electron chi connectivity index (χ3n) is 5.77. The molecule has 1 saturated heterocycles. The topological polar surface area (TPSA) is 30.9 Å². The first-order chi connectivity index (χ1) is 13.7. The van der Waals surface area contributed by atoms with Gasteiger partial charge in [0.1, 0.15) is 18.1 Å². The Morgan fingerprint density at radius 3 is 1.86 bits per heavy atom. The molecule has 0 bridgehead atoms. The van der Waals surface area contributed by atoms with Crippen molar-refractivity contribution in [1.82, 2.24) is 5.06 Å². The standard InChI is InChI=1S/C25H35NO3/c1-7-28-22-12-8-19(9-13-22)18-29-23-14-10-20(11-15-23)21-16-24(2,3)26(27-6)25(4,5)17-21/h8-15,21H,7,16-18H2,1-6H3. The molecule has 2 aromatic carbocycles. The molecule has 1 heterocycles. The van der Waals surface area contributed by atoms with Crippen LogP contribution in [0.1, 0.15) is 64.5 Å². The Kier molecular flexibility index (Phi) is 6.55. The molecule has 0 N–H and O–H groups in total. The molecule has 1 aliphatic heterocycles. The van der Waals surface area contributed by atoms with E-state index in [4.69, 9.17) is 14.3 Å². The van der Waals surface area contributed by atoms with E-state index in [1.807, 2.05) is 31.2 Å². The normalized spacial score (nSPS) is 19.1. The number of rotatable bonds is 7. The highest BCUT2D eigenvalue weighted by molar-refractivity contribution is 5.32. The Labute approximate surface area is 175 Å². The minimum atomic E-state index is -0.00993. The first-order valence-electron chi connectivity index (χ1n) is 10.5. The predicted octanol–water partition coefficient (Wildman–Crippen LogP) is 5.96. The summed E-state index contributed by atoms with van der Waals surface area (Å²) in [5, 5.41) is 2.16. The molecule has 0 amide bonds. The Hall–Kier alpha value is -2.04. The second kappa shape index (κ2) is 8.76. The monoisotopic (exact) mass is 397 g/mol. The Morgan fingerprint density at radius 2 is 1.34 bits per heavy atom. The summed E-state index contributed by atoms with van der Waals surface area (Å²) in [6.45, 7) is 12.3. The second-order valence-corrected chi connectivity index (χ2v) is 9.14. The Balaban J connectivity index is 1.62. The van der Waals surface area contributed by atoms with E-state index in [9.17, 15) is 0 Å². The number of hydroxylamine groups is 2. The van der Waals surface area contributed by atoms with E-state index in [0.717, 1.165) is 29.9 Å². The van der Waals surface area contributed by atoms with Gasteiger partial charge in [0, 0.05) is 11.1 Å². The highest BCUT2D eigenvalue weighted by Crippen LogP contribution is 2.45. The van der Waals surface area contributed by atoms with Crippen molar-refractivity contribution < 1.29 is 14.3 Å². The fraction of sp³-hybridized carbons (Fsp3) is 0.520. The van der Waals surface area contributed by atoms with Gasteiger partial charge in [-0.2, -0.15) is 5.06 Å². The van der Waals surface area contributed by atoms with Crippen LogP contribution in [0.2, 0.25) is 0 Å². The molecular formula is C25H35NO3. The molecule has 3 rings (SSSR count). The van der Waals surface area contributed by atoms with Crippen molar-refractivity contribution >= 4 is 0 Å². The molecular weight excluding hydrogens is 362 g/mol. The number of benzene rings is 2. The molecule has 0 spiro atoms. The number of ether oxygens (including phenoxy) is 2. The summed E-state index contributed by atoms with van der Waals surface area (Å²) in [7, 11) is 1.78. The van der Waals surface area contributed by atoms with Gasteiger partial charge in [0.15, 0.2) is 0 Å². The van der Waals surface area contributed by atoms with Gasteiger partial charge in [-0.25, -0.2) is 0 Å². The lowest BCUT2D eigenvalue weighted by atomic mass is 9.73. The van der Waals surface area contributed by atoms with Gasteiger partial charge in [0.2, 0.25) is 0 Å². The van der Waals surface area contributed by atoms with Crippen LogP contribution in [0, 0.1) is 0 Å².